The van der Waals surface area contributed by atoms with E-state index in [2.05, 4.69) is 36.1 Å². The third kappa shape index (κ3) is 4.37. The summed E-state index contributed by atoms with van der Waals surface area (Å²) in [5.41, 5.74) is 3.62. The predicted molar refractivity (Wildman–Crippen MR) is 77.6 cm³/mol. The molecule has 100 valence electrons. The second kappa shape index (κ2) is 7.71. The smallest absolute Gasteiger partial charge is 0.213 e. The highest BCUT2D eigenvalue weighted by atomic mass is 15.4. The summed E-state index contributed by atoms with van der Waals surface area (Å²) in [5.74, 6) is 6.94. The van der Waals surface area contributed by atoms with E-state index in [0.717, 1.165) is 31.2 Å². The van der Waals surface area contributed by atoms with E-state index in [1.165, 1.54) is 0 Å². The zero-order valence-electron chi connectivity index (χ0n) is 11.6. The molecule has 0 saturated heterocycles. The fraction of sp³-hybridized carbons (Fsp3) is 0.500. The molecule has 0 aliphatic heterocycles. The number of guanidine groups is 1. The molecule has 18 heavy (non-hydrogen) atoms. The van der Waals surface area contributed by atoms with E-state index < -0.39 is 0 Å². The van der Waals surface area contributed by atoms with Gasteiger partial charge in [0.2, 0.25) is 5.96 Å². The Balaban J connectivity index is 2.83. The zero-order chi connectivity index (χ0) is 13.4. The molecule has 1 unspecified atom stereocenters. The first-order valence-corrected chi connectivity index (χ1v) is 6.56. The normalized spacial score (nSPS) is 13.2. The van der Waals surface area contributed by atoms with Crippen molar-refractivity contribution in [3.8, 4) is 0 Å². The summed E-state index contributed by atoms with van der Waals surface area (Å²) in [4.78, 5) is 6.71. The van der Waals surface area contributed by atoms with Crippen molar-refractivity contribution in [1.82, 2.24) is 10.3 Å². The van der Waals surface area contributed by atoms with Crippen LogP contribution >= 0.6 is 0 Å². The molecule has 0 aromatic heterocycles. The Bertz CT molecular complexity index is 361. The van der Waals surface area contributed by atoms with Crippen molar-refractivity contribution < 1.29 is 0 Å². The lowest BCUT2D eigenvalue weighted by Crippen LogP contribution is -2.46. The minimum absolute atomic E-state index is 0.624. The number of hydrazine groups is 1. The molecule has 0 amide bonds. The van der Waals surface area contributed by atoms with Gasteiger partial charge in [-0.2, -0.15) is 0 Å². The molecule has 0 bridgehead atoms. The van der Waals surface area contributed by atoms with E-state index in [4.69, 9.17) is 5.84 Å². The van der Waals surface area contributed by atoms with Crippen molar-refractivity contribution in [3.05, 3.63) is 30.3 Å². The van der Waals surface area contributed by atoms with Gasteiger partial charge < -0.3 is 4.90 Å². The minimum atomic E-state index is 0.624. The Morgan fingerprint density at radius 1 is 1.33 bits per heavy atom. The van der Waals surface area contributed by atoms with Crippen LogP contribution in [0.3, 0.4) is 0 Å². The van der Waals surface area contributed by atoms with Crippen molar-refractivity contribution in [2.45, 2.75) is 27.2 Å². The van der Waals surface area contributed by atoms with Crippen LogP contribution < -0.4 is 11.3 Å². The Labute approximate surface area is 110 Å². The third-order valence-electron chi connectivity index (χ3n) is 3.03. The molecule has 4 nitrogen and oxygen atoms in total. The summed E-state index contributed by atoms with van der Waals surface area (Å²) in [6, 6.07) is 9.85. The first-order chi connectivity index (χ1) is 8.71. The van der Waals surface area contributed by atoms with Crippen LogP contribution in [0, 0.1) is 5.92 Å². The second-order valence-corrected chi connectivity index (χ2v) is 4.47. The van der Waals surface area contributed by atoms with Gasteiger partial charge in [-0.05, 0) is 25.0 Å². The van der Waals surface area contributed by atoms with E-state index in [0.29, 0.717) is 5.92 Å². The average molecular weight is 248 g/mol. The Kier molecular flexibility index (Phi) is 6.22. The van der Waals surface area contributed by atoms with Crippen molar-refractivity contribution in [3.63, 3.8) is 0 Å². The van der Waals surface area contributed by atoms with E-state index >= 15 is 0 Å². The number of para-hydroxylation sites is 1. The number of nitrogens with zero attached hydrogens (tertiary/aromatic N) is 2. The number of benzene rings is 1. The van der Waals surface area contributed by atoms with Crippen LogP contribution in [0.2, 0.25) is 0 Å². The van der Waals surface area contributed by atoms with Gasteiger partial charge in [0.1, 0.15) is 0 Å². The number of aliphatic imine (C=N–C) groups is 1. The summed E-state index contributed by atoms with van der Waals surface area (Å²) < 4.78 is 0. The van der Waals surface area contributed by atoms with Crippen LogP contribution in [0.1, 0.15) is 27.2 Å². The van der Waals surface area contributed by atoms with Crippen LogP contribution in [-0.2, 0) is 0 Å². The van der Waals surface area contributed by atoms with Crippen molar-refractivity contribution >= 4 is 11.6 Å². The summed E-state index contributed by atoms with van der Waals surface area (Å²) in [5, 5.41) is 0. The lowest BCUT2D eigenvalue weighted by Gasteiger charge is -2.26. The van der Waals surface area contributed by atoms with Gasteiger partial charge in [0, 0.05) is 13.1 Å². The lowest BCUT2D eigenvalue weighted by atomic mass is 10.1. The maximum atomic E-state index is 5.59. The molecular weight excluding hydrogens is 224 g/mol. The molecular formula is C14H24N4. The van der Waals surface area contributed by atoms with Gasteiger partial charge in [0.15, 0.2) is 0 Å². The molecule has 0 heterocycles. The molecule has 0 aliphatic carbocycles. The molecule has 1 atom stereocenters. The highest BCUT2D eigenvalue weighted by Gasteiger charge is 2.11. The number of nitrogens with one attached hydrogen (secondary N) is 1. The lowest BCUT2D eigenvalue weighted by molar-refractivity contribution is 0.349. The molecule has 1 aromatic carbocycles. The fourth-order valence-electron chi connectivity index (χ4n) is 1.69. The van der Waals surface area contributed by atoms with Gasteiger partial charge in [-0.3, -0.25) is 5.43 Å². The van der Waals surface area contributed by atoms with Gasteiger partial charge in [-0.25, -0.2) is 10.8 Å². The largest absolute Gasteiger partial charge is 0.342 e. The standard InChI is InChI=1S/C14H24N4/c1-4-12(3)11-18(5-2)14(17-15)16-13-9-7-6-8-10-13/h6-10,12H,4-5,11,15H2,1-3H3,(H,16,17). The molecule has 1 rings (SSSR count). The SMILES string of the molecule is CCC(C)CN(CC)C(=Nc1ccccc1)NN. The van der Waals surface area contributed by atoms with Crippen molar-refractivity contribution in [2.24, 2.45) is 16.8 Å². The summed E-state index contributed by atoms with van der Waals surface area (Å²) in [6.07, 6.45) is 1.15. The summed E-state index contributed by atoms with van der Waals surface area (Å²) >= 11 is 0. The molecule has 4 heteroatoms. The van der Waals surface area contributed by atoms with Gasteiger partial charge in [0.25, 0.3) is 0 Å². The monoisotopic (exact) mass is 248 g/mol. The van der Waals surface area contributed by atoms with E-state index in [9.17, 15) is 0 Å². The average Bonchev–Trinajstić information content (AvgIpc) is 2.43. The van der Waals surface area contributed by atoms with Crippen molar-refractivity contribution in [2.75, 3.05) is 13.1 Å². The fourth-order valence-corrected chi connectivity index (χ4v) is 1.69. The Hall–Kier alpha value is -1.55. The number of rotatable bonds is 5. The Morgan fingerprint density at radius 2 is 2.00 bits per heavy atom. The molecule has 0 saturated carbocycles. The first kappa shape index (κ1) is 14.5. The highest BCUT2D eigenvalue weighted by Crippen LogP contribution is 2.11. The molecule has 0 spiro atoms. The van der Waals surface area contributed by atoms with E-state index in [-0.39, 0.29) is 0 Å². The molecule has 0 aliphatic rings. The van der Waals surface area contributed by atoms with Crippen LogP contribution in [0.15, 0.2) is 35.3 Å². The topological polar surface area (TPSA) is 53.6 Å². The van der Waals surface area contributed by atoms with Crippen LogP contribution in [0.25, 0.3) is 0 Å². The van der Waals surface area contributed by atoms with E-state index in [1.54, 1.807) is 0 Å². The maximum Gasteiger partial charge on any atom is 0.213 e. The van der Waals surface area contributed by atoms with Crippen LogP contribution in [0.4, 0.5) is 5.69 Å². The Morgan fingerprint density at radius 3 is 2.50 bits per heavy atom. The van der Waals surface area contributed by atoms with Gasteiger partial charge in [-0.1, -0.05) is 38.5 Å². The van der Waals surface area contributed by atoms with Gasteiger partial charge in [-0.15, -0.1) is 0 Å². The van der Waals surface area contributed by atoms with Crippen LogP contribution in [-0.4, -0.2) is 23.9 Å². The van der Waals surface area contributed by atoms with Crippen LogP contribution in [0.5, 0.6) is 0 Å². The summed E-state index contributed by atoms with van der Waals surface area (Å²) in [6.45, 7) is 8.39. The number of hydrogen-bond donors (Lipinski definition) is 2. The molecule has 3 N–H and O–H groups in total. The second-order valence-electron chi connectivity index (χ2n) is 4.47. The van der Waals surface area contributed by atoms with E-state index in [1.807, 2.05) is 30.3 Å². The maximum absolute atomic E-state index is 5.59. The molecule has 0 radical (unpaired) electrons. The predicted octanol–water partition coefficient (Wildman–Crippen LogP) is 2.51. The zero-order valence-corrected chi connectivity index (χ0v) is 11.6. The highest BCUT2D eigenvalue weighted by molar-refractivity contribution is 5.82. The molecule has 0 fully saturated rings. The van der Waals surface area contributed by atoms with Crippen molar-refractivity contribution in [1.29, 1.82) is 0 Å². The first-order valence-electron chi connectivity index (χ1n) is 6.56. The number of hydrogen-bond acceptors (Lipinski definition) is 2. The quantitative estimate of drug-likeness (QED) is 0.364. The molecule has 1 aromatic rings. The third-order valence-corrected chi connectivity index (χ3v) is 3.03. The van der Waals surface area contributed by atoms with Gasteiger partial charge in [0.05, 0.1) is 5.69 Å². The van der Waals surface area contributed by atoms with Gasteiger partial charge >= 0.3 is 0 Å². The number of nitrogens with two attached hydrogens (primary N) is 1. The summed E-state index contributed by atoms with van der Waals surface area (Å²) in [7, 11) is 0. The minimum Gasteiger partial charge on any atom is -0.342 e.